The van der Waals surface area contributed by atoms with Gasteiger partial charge < -0.3 is 30.4 Å². The molecule has 5 aromatic rings. The van der Waals surface area contributed by atoms with Gasteiger partial charge in [0, 0.05) is 55.2 Å². The third-order valence-electron chi connectivity index (χ3n) is 8.82. The maximum atomic E-state index is 13.9. The minimum atomic E-state index is -0.631. The summed E-state index contributed by atoms with van der Waals surface area (Å²) in [6.07, 6.45) is 10.0. The van der Waals surface area contributed by atoms with E-state index in [-0.39, 0.29) is 11.8 Å². The molecule has 0 saturated heterocycles. The van der Waals surface area contributed by atoms with Gasteiger partial charge in [0.15, 0.2) is 0 Å². The fourth-order valence-electron chi connectivity index (χ4n) is 6.36. The van der Waals surface area contributed by atoms with Gasteiger partial charge >= 0.3 is 0 Å². The van der Waals surface area contributed by atoms with Crippen molar-refractivity contribution >= 4 is 33.5 Å². The molecule has 248 valence electrons. The summed E-state index contributed by atoms with van der Waals surface area (Å²) in [4.78, 5) is 37.6. The second-order valence-corrected chi connectivity index (χ2v) is 12.3. The van der Waals surface area contributed by atoms with Crippen LogP contribution >= 0.6 is 0 Å². The quantitative estimate of drug-likeness (QED) is 0.0988. The lowest BCUT2D eigenvalue weighted by atomic mass is 9.98. The van der Waals surface area contributed by atoms with Crippen LogP contribution in [0, 0.1) is 0 Å². The van der Waals surface area contributed by atoms with Gasteiger partial charge in [-0.15, -0.1) is 0 Å². The Kier molecular flexibility index (Phi) is 12.2. The third-order valence-corrected chi connectivity index (χ3v) is 8.82. The van der Waals surface area contributed by atoms with E-state index in [1.54, 1.807) is 6.20 Å². The summed E-state index contributed by atoms with van der Waals surface area (Å²) >= 11 is 0. The Morgan fingerprint density at radius 1 is 0.894 bits per heavy atom. The number of hydrogen-bond donors (Lipinski definition) is 4. The van der Waals surface area contributed by atoms with E-state index >= 15 is 0 Å². The van der Waals surface area contributed by atoms with Crippen LogP contribution in [0.5, 0.6) is 0 Å². The average molecular weight is 636 g/mol. The van der Waals surface area contributed by atoms with Gasteiger partial charge in [-0.1, -0.05) is 62.4 Å². The third kappa shape index (κ3) is 8.87. The largest absolute Gasteiger partial charge is 0.361 e. The molecule has 0 saturated carbocycles. The van der Waals surface area contributed by atoms with Crippen LogP contribution < -0.4 is 16.0 Å². The Morgan fingerprint density at radius 3 is 2.38 bits per heavy atom. The highest BCUT2D eigenvalue weighted by Gasteiger charge is 2.23. The van der Waals surface area contributed by atoms with Gasteiger partial charge in [-0.3, -0.25) is 9.59 Å². The van der Waals surface area contributed by atoms with Crippen molar-refractivity contribution in [1.82, 2.24) is 35.4 Å². The molecule has 2 aromatic heterocycles. The molecular weight excluding hydrogens is 586 g/mol. The standard InChI is InChI=1S/C38H49N7O2/c1-4-21-45(22-5-2)23-10-15-35(38(47)41-19-18-29-26-42-34-14-9-8-12-31(29)34)43-37(46)33-17-16-28(30-11-6-7-13-32(30)33)25-39-27-36-40-20-24-44(36)3/h6-9,11-14,16-17,20,24,26,35,39,42H,4-5,10,15,18-19,21-23,25,27H2,1-3H3,(H,41,47)(H,43,46)/t35-/m0/s1. The van der Waals surface area contributed by atoms with Crippen LogP contribution in [-0.4, -0.2) is 63.5 Å². The van der Waals surface area contributed by atoms with E-state index in [0.29, 0.717) is 38.0 Å². The van der Waals surface area contributed by atoms with Crippen LogP contribution in [0.3, 0.4) is 0 Å². The molecule has 9 nitrogen and oxygen atoms in total. The monoisotopic (exact) mass is 635 g/mol. The highest BCUT2D eigenvalue weighted by molar-refractivity contribution is 6.09. The van der Waals surface area contributed by atoms with Gasteiger partial charge in [0.2, 0.25) is 5.91 Å². The van der Waals surface area contributed by atoms with E-state index in [9.17, 15) is 9.59 Å². The fourth-order valence-corrected chi connectivity index (χ4v) is 6.36. The number of rotatable bonds is 18. The number of carbonyl (C=O) groups excluding carboxylic acids is 2. The number of imidazole rings is 1. The molecule has 0 unspecified atom stereocenters. The molecule has 0 radical (unpaired) electrons. The average Bonchev–Trinajstić information content (AvgIpc) is 3.69. The lowest BCUT2D eigenvalue weighted by Crippen LogP contribution is -2.47. The lowest BCUT2D eigenvalue weighted by Gasteiger charge is -2.23. The second-order valence-electron chi connectivity index (χ2n) is 12.3. The number of aromatic amines is 1. The molecule has 1 atom stereocenters. The first kappa shape index (κ1) is 33.9. The predicted octanol–water partition coefficient (Wildman–Crippen LogP) is 5.70. The number of H-pyrrole nitrogens is 1. The number of benzene rings is 3. The SMILES string of the molecule is CCCN(CCC)CCC[C@H](NC(=O)c1ccc(CNCc2nccn2C)c2ccccc12)C(=O)NCCc1c[nH]c2ccccc12. The number of para-hydroxylation sites is 1. The molecule has 0 aliphatic rings. The van der Waals surface area contributed by atoms with Crippen LogP contribution in [-0.2, 0) is 31.4 Å². The van der Waals surface area contributed by atoms with Crippen LogP contribution in [0.2, 0.25) is 0 Å². The van der Waals surface area contributed by atoms with Gasteiger partial charge in [-0.25, -0.2) is 4.98 Å². The van der Waals surface area contributed by atoms with E-state index in [1.807, 2.05) is 66.5 Å². The molecule has 5 rings (SSSR count). The number of hydrogen-bond acceptors (Lipinski definition) is 5. The van der Waals surface area contributed by atoms with Crippen molar-refractivity contribution in [2.45, 2.75) is 65.1 Å². The topological polar surface area (TPSA) is 107 Å². The molecule has 2 amide bonds. The van der Waals surface area contributed by atoms with Crippen LogP contribution in [0.25, 0.3) is 21.7 Å². The minimum absolute atomic E-state index is 0.143. The zero-order valence-corrected chi connectivity index (χ0v) is 28.0. The predicted molar refractivity (Wildman–Crippen MR) is 190 cm³/mol. The molecule has 2 heterocycles. The van der Waals surface area contributed by atoms with Gasteiger partial charge in [0.05, 0.1) is 6.54 Å². The summed E-state index contributed by atoms with van der Waals surface area (Å²) in [5.41, 5.74) is 3.93. The Labute approximate surface area is 278 Å². The van der Waals surface area contributed by atoms with E-state index in [2.05, 4.69) is 62.9 Å². The van der Waals surface area contributed by atoms with E-state index < -0.39 is 6.04 Å². The van der Waals surface area contributed by atoms with Crippen molar-refractivity contribution in [2.24, 2.45) is 7.05 Å². The first-order valence-corrected chi connectivity index (χ1v) is 17.0. The molecular formula is C38H49N7O2. The van der Waals surface area contributed by atoms with Crippen molar-refractivity contribution in [3.63, 3.8) is 0 Å². The Bertz CT molecular complexity index is 1750. The van der Waals surface area contributed by atoms with Gasteiger partial charge in [-0.2, -0.15) is 0 Å². The number of fused-ring (bicyclic) bond motifs is 2. The maximum absolute atomic E-state index is 13.9. The molecule has 0 aliphatic carbocycles. The van der Waals surface area contributed by atoms with Gasteiger partial charge in [0.25, 0.3) is 5.91 Å². The molecule has 3 aromatic carbocycles. The van der Waals surface area contributed by atoms with Gasteiger partial charge in [0.1, 0.15) is 11.9 Å². The molecule has 0 spiro atoms. The lowest BCUT2D eigenvalue weighted by molar-refractivity contribution is -0.123. The number of amides is 2. The van der Waals surface area contributed by atoms with Crippen molar-refractivity contribution in [2.75, 3.05) is 26.2 Å². The first-order chi connectivity index (χ1) is 23.0. The van der Waals surface area contributed by atoms with Gasteiger partial charge in [-0.05, 0) is 85.8 Å². The van der Waals surface area contributed by atoms with E-state index in [4.69, 9.17) is 0 Å². The first-order valence-electron chi connectivity index (χ1n) is 17.0. The zero-order valence-electron chi connectivity index (χ0n) is 28.0. The van der Waals surface area contributed by atoms with Crippen molar-refractivity contribution < 1.29 is 9.59 Å². The second kappa shape index (κ2) is 16.9. The summed E-state index contributed by atoms with van der Waals surface area (Å²) in [5.74, 6) is 0.586. The number of nitrogens with zero attached hydrogens (tertiary/aromatic N) is 3. The summed E-state index contributed by atoms with van der Waals surface area (Å²) in [6, 6.07) is 19.4. The summed E-state index contributed by atoms with van der Waals surface area (Å²) in [7, 11) is 1.98. The number of aromatic nitrogens is 3. The Balaban J connectivity index is 1.27. The number of aryl methyl sites for hydroxylation is 1. The molecule has 0 aliphatic heterocycles. The maximum Gasteiger partial charge on any atom is 0.252 e. The molecule has 47 heavy (non-hydrogen) atoms. The zero-order chi connectivity index (χ0) is 33.0. The van der Waals surface area contributed by atoms with Crippen LogP contribution in [0.4, 0.5) is 0 Å². The van der Waals surface area contributed by atoms with Crippen molar-refractivity contribution in [3.05, 3.63) is 102 Å². The molecule has 0 bridgehead atoms. The normalized spacial score (nSPS) is 12.2. The highest BCUT2D eigenvalue weighted by Crippen LogP contribution is 2.24. The fraction of sp³-hybridized carbons (Fsp3) is 0.395. The molecule has 0 fully saturated rings. The van der Waals surface area contributed by atoms with Crippen LogP contribution in [0.15, 0.2) is 79.3 Å². The summed E-state index contributed by atoms with van der Waals surface area (Å²) in [6.45, 7) is 9.15. The van der Waals surface area contributed by atoms with Crippen LogP contribution in [0.1, 0.15) is 66.8 Å². The van der Waals surface area contributed by atoms with E-state index in [1.165, 1.54) is 5.39 Å². The minimum Gasteiger partial charge on any atom is -0.361 e. The summed E-state index contributed by atoms with van der Waals surface area (Å²) < 4.78 is 2.00. The Hall–Kier alpha value is -4.47. The number of carbonyl (C=O) groups is 2. The smallest absolute Gasteiger partial charge is 0.252 e. The number of nitrogens with one attached hydrogen (secondary N) is 4. The van der Waals surface area contributed by atoms with Crippen molar-refractivity contribution in [1.29, 1.82) is 0 Å². The molecule has 9 heteroatoms. The molecule has 4 N–H and O–H groups in total. The summed E-state index contributed by atoms with van der Waals surface area (Å²) in [5, 5.41) is 12.8. The van der Waals surface area contributed by atoms with Crippen molar-refractivity contribution in [3.8, 4) is 0 Å². The Morgan fingerprint density at radius 2 is 1.64 bits per heavy atom. The van der Waals surface area contributed by atoms with E-state index in [0.717, 1.165) is 72.1 Å². The highest BCUT2D eigenvalue weighted by atomic mass is 16.2.